The Hall–Kier alpha value is -1.36. The lowest BCUT2D eigenvalue weighted by Gasteiger charge is -2.22. The van der Waals surface area contributed by atoms with Crippen molar-refractivity contribution in [1.82, 2.24) is 10.1 Å². The first-order valence-electron chi connectivity index (χ1n) is 7.47. The Morgan fingerprint density at radius 2 is 2.20 bits per heavy atom. The number of aryl methyl sites for hydroxylation is 2. The predicted molar refractivity (Wildman–Crippen MR) is 77.3 cm³/mol. The topological polar surface area (TPSA) is 72.4 Å². The Morgan fingerprint density at radius 3 is 2.75 bits per heavy atom. The highest BCUT2D eigenvalue weighted by molar-refractivity contribution is 5.79. The molecule has 0 aliphatic carbocycles. The quantitative estimate of drug-likeness (QED) is 0.887. The monoisotopic (exact) mass is 279 g/mol. The van der Waals surface area contributed by atoms with Crippen LogP contribution in [-0.2, 0) is 24.1 Å². The number of likely N-dealkylation sites (tertiary alicyclic amines) is 1. The van der Waals surface area contributed by atoms with Crippen LogP contribution >= 0.6 is 0 Å². The fraction of sp³-hybridized carbons (Fsp3) is 0.733. The molecule has 1 amide bonds. The van der Waals surface area contributed by atoms with Gasteiger partial charge in [-0.3, -0.25) is 4.79 Å². The summed E-state index contributed by atoms with van der Waals surface area (Å²) in [7, 11) is 0. The Balaban J connectivity index is 2.07. The minimum Gasteiger partial charge on any atom is -0.361 e. The van der Waals surface area contributed by atoms with Gasteiger partial charge in [-0.25, -0.2) is 0 Å². The molecular formula is C15H25N3O2. The zero-order chi connectivity index (χ0) is 14.8. The van der Waals surface area contributed by atoms with E-state index in [1.807, 2.05) is 18.7 Å². The first kappa shape index (κ1) is 15.0. The van der Waals surface area contributed by atoms with Gasteiger partial charge in [-0.1, -0.05) is 25.9 Å². The van der Waals surface area contributed by atoms with Crippen molar-refractivity contribution in [2.45, 2.75) is 46.5 Å². The lowest BCUT2D eigenvalue weighted by molar-refractivity contribution is -0.129. The van der Waals surface area contributed by atoms with Gasteiger partial charge in [0.25, 0.3) is 0 Å². The fourth-order valence-electron chi connectivity index (χ4n) is 2.80. The maximum atomic E-state index is 12.5. The SMILES string of the molecule is CCc1noc(CC)c1CC(=O)N1CCC(C)(CN)C1. The molecule has 1 aromatic rings. The average molecular weight is 279 g/mol. The minimum absolute atomic E-state index is 0.0749. The second kappa shape index (κ2) is 5.95. The zero-order valence-electron chi connectivity index (χ0n) is 12.7. The summed E-state index contributed by atoms with van der Waals surface area (Å²) in [5, 5.41) is 4.06. The fourth-order valence-corrected chi connectivity index (χ4v) is 2.80. The molecule has 1 saturated heterocycles. The van der Waals surface area contributed by atoms with Gasteiger partial charge in [0.15, 0.2) is 0 Å². The van der Waals surface area contributed by atoms with Gasteiger partial charge in [0.2, 0.25) is 5.91 Å². The highest BCUT2D eigenvalue weighted by Gasteiger charge is 2.35. The first-order chi connectivity index (χ1) is 9.53. The van der Waals surface area contributed by atoms with Gasteiger partial charge in [0.05, 0.1) is 12.1 Å². The van der Waals surface area contributed by atoms with E-state index in [1.54, 1.807) is 0 Å². The molecule has 1 atom stereocenters. The molecule has 1 aromatic heterocycles. The summed E-state index contributed by atoms with van der Waals surface area (Å²) in [4.78, 5) is 14.4. The Labute approximate surface area is 120 Å². The molecule has 2 N–H and O–H groups in total. The highest BCUT2D eigenvalue weighted by atomic mass is 16.5. The van der Waals surface area contributed by atoms with Gasteiger partial charge in [0.1, 0.15) is 5.76 Å². The largest absolute Gasteiger partial charge is 0.361 e. The van der Waals surface area contributed by atoms with Gasteiger partial charge in [0, 0.05) is 25.1 Å². The van der Waals surface area contributed by atoms with E-state index in [9.17, 15) is 4.79 Å². The molecule has 5 heteroatoms. The maximum absolute atomic E-state index is 12.5. The van der Waals surface area contributed by atoms with Crippen molar-refractivity contribution in [3.63, 3.8) is 0 Å². The summed E-state index contributed by atoms with van der Waals surface area (Å²) < 4.78 is 5.32. The third-order valence-corrected chi connectivity index (χ3v) is 4.34. The third kappa shape index (κ3) is 2.87. The summed E-state index contributed by atoms with van der Waals surface area (Å²) in [6.07, 6.45) is 2.96. The van der Waals surface area contributed by atoms with Crippen molar-refractivity contribution in [2.24, 2.45) is 11.1 Å². The molecule has 1 unspecified atom stereocenters. The standard InChI is InChI=1S/C15H25N3O2/c1-4-12-11(13(5-2)20-17-12)8-14(19)18-7-6-15(3,9-16)10-18/h4-10,16H2,1-3H3. The zero-order valence-corrected chi connectivity index (χ0v) is 12.7. The average Bonchev–Trinajstić information content (AvgIpc) is 3.03. The molecule has 112 valence electrons. The highest BCUT2D eigenvalue weighted by Crippen LogP contribution is 2.29. The molecule has 0 saturated carbocycles. The van der Waals surface area contributed by atoms with Gasteiger partial charge < -0.3 is 15.2 Å². The van der Waals surface area contributed by atoms with E-state index in [2.05, 4.69) is 12.1 Å². The van der Waals surface area contributed by atoms with E-state index in [4.69, 9.17) is 10.3 Å². The lowest BCUT2D eigenvalue weighted by atomic mass is 9.90. The van der Waals surface area contributed by atoms with E-state index in [0.717, 1.165) is 49.4 Å². The van der Waals surface area contributed by atoms with Crippen molar-refractivity contribution >= 4 is 5.91 Å². The number of amides is 1. The van der Waals surface area contributed by atoms with E-state index < -0.39 is 0 Å². The van der Waals surface area contributed by atoms with Gasteiger partial charge in [-0.2, -0.15) is 0 Å². The molecule has 0 bridgehead atoms. The second-order valence-electron chi connectivity index (χ2n) is 5.99. The molecule has 1 fully saturated rings. The summed E-state index contributed by atoms with van der Waals surface area (Å²) in [5.74, 6) is 1.01. The van der Waals surface area contributed by atoms with Crippen LogP contribution in [0.1, 0.15) is 44.2 Å². The number of hydrogen-bond donors (Lipinski definition) is 1. The van der Waals surface area contributed by atoms with Crippen LogP contribution in [0.2, 0.25) is 0 Å². The summed E-state index contributed by atoms with van der Waals surface area (Å²) in [6, 6.07) is 0. The summed E-state index contributed by atoms with van der Waals surface area (Å²) in [6.45, 7) is 8.40. The van der Waals surface area contributed by atoms with E-state index in [0.29, 0.717) is 13.0 Å². The van der Waals surface area contributed by atoms with Crippen molar-refractivity contribution in [3.8, 4) is 0 Å². The van der Waals surface area contributed by atoms with Crippen LogP contribution in [0.5, 0.6) is 0 Å². The molecular weight excluding hydrogens is 254 g/mol. The van der Waals surface area contributed by atoms with E-state index in [1.165, 1.54) is 0 Å². The van der Waals surface area contributed by atoms with Crippen LogP contribution < -0.4 is 5.73 Å². The van der Waals surface area contributed by atoms with Crippen LogP contribution in [-0.4, -0.2) is 35.6 Å². The van der Waals surface area contributed by atoms with Gasteiger partial charge >= 0.3 is 0 Å². The van der Waals surface area contributed by atoms with Crippen molar-refractivity contribution in [3.05, 3.63) is 17.0 Å². The van der Waals surface area contributed by atoms with Crippen LogP contribution in [0.15, 0.2) is 4.52 Å². The Bertz CT molecular complexity index is 462. The van der Waals surface area contributed by atoms with Crippen molar-refractivity contribution < 1.29 is 9.32 Å². The Kier molecular flexibility index (Phi) is 4.48. The van der Waals surface area contributed by atoms with Gasteiger partial charge in [-0.15, -0.1) is 0 Å². The summed E-state index contributed by atoms with van der Waals surface area (Å²) in [5.41, 5.74) is 7.77. The number of aromatic nitrogens is 1. The molecule has 0 radical (unpaired) electrons. The second-order valence-corrected chi connectivity index (χ2v) is 5.99. The van der Waals surface area contributed by atoms with Crippen LogP contribution in [0.3, 0.4) is 0 Å². The molecule has 2 heterocycles. The normalized spacial score (nSPS) is 22.5. The predicted octanol–water partition coefficient (Wildman–Crippen LogP) is 1.54. The minimum atomic E-state index is 0.0749. The lowest BCUT2D eigenvalue weighted by Crippen LogP contribution is -2.35. The molecule has 1 aliphatic rings. The molecule has 5 nitrogen and oxygen atoms in total. The molecule has 20 heavy (non-hydrogen) atoms. The molecule has 1 aliphatic heterocycles. The Morgan fingerprint density at radius 1 is 1.45 bits per heavy atom. The number of rotatable bonds is 5. The van der Waals surface area contributed by atoms with E-state index >= 15 is 0 Å². The molecule has 0 aromatic carbocycles. The number of nitrogens with zero attached hydrogens (tertiary/aromatic N) is 2. The van der Waals surface area contributed by atoms with Gasteiger partial charge in [-0.05, 0) is 24.8 Å². The summed E-state index contributed by atoms with van der Waals surface area (Å²) >= 11 is 0. The molecule has 2 rings (SSSR count). The van der Waals surface area contributed by atoms with E-state index in [-0.39, 0.29) is 11.3 Å². The third-order valence-electron chi connectivity index (χ3n) is 4.34. The van der Waals surface area contributed by atoms with Crippen LogP contribution in [0.25, 0.3) is 0 Å². The number of hydrogen-bond acceptors (Lipinski definition) is 4. The van der Waals surface area contributed by atoms with Crippen LogP contribution in [0.4, 0.5) is 0 Å². The first-order valence-corrected chi connectivity index (χ1v) is 7.47. The maximum Gasteiger partial charge on any atom is 0.227 e. The number of nitrogens with two attached hydrogens (primary N) is 1. The smallest absolute Gasteiger partial charge is 0.227 e. The van der Waals surface area contributed by atoms with Crippen molar-refractivity contribution in [1.29, 1.82) is 0 Å². The van der Waals surface area contributed by atoms with Crippen LogP contribution in [0, 0.1) is 5.41 Å². The van der Waals surface area contributed by atoms with Crippen molar-refractivity contribution in [2.75, 3.05) is 19.6 Å². The molecule has 0 spiro atoms. The number of carbonyl (C=O) groups is 1. The number of carbonyl (C=O) groups excluding carboxylic acids is 1.